The first kappa shape index (κ1) is 18.2. The van der Waals surface area contributed by atoms with E-state index in [4.69, 9.17) is 9.94 Å². The molecule has 1 rings (SSSR count). The van der Waals surface area contributed by atoms with Crippen LogP contribution in [0.5, 0.6) is 0 Å². The molecule has 0 aromatic carbocycles. The van der Waals surface area contributed by atoms with Gasteiger partial charge in [0, 0.05) is 18.8 Å². The maximum absolute atomic E-state index is 10.4. The molecule has 0 aliphatic carbocycles. The Morgan fingerprint density at radius 1 is 1.23 bits per heavy atom. The van der Waals surface area contributed by atoms with Crippen molar-refractivity contribution >= 4 is 11.7 Å². The van der Waals surface area contributed by atoms with E-state index in [1.807, 2.05) is 10.8 Å². The van der Waals surface area contributed by atoms with Crippen molar-refractivity contribution in [3.8, 4) is 0 Å². The molecule has 0 radical (unpaired) electrons. The molecule has 0 fully saturated rings. The Labute approximate surface area is 132 Å². The van der Waals surface area contributed by atoms with Gasteiger partial charge in [-0.1, -0.05) is 31.3 Å². The molecule has 1 heterocycles. The van der Waals surface area contributed by atoms with Crippen LogP contribution in [0, 0.1) is 0 Å². The predicted molar refractivity (Wildman–Crippen MR) is 85.9 cm³/mol. The van der Waals surface area contributed by atoms with E-state index in [9.17, 15) is 4.79 Å². The summed E-state index contributed by atoms with van der Waals surface area (Å²) in [6.45, 7) is 3.36. The monoisotopic (exact) mass is 309 g/mol. The molecule has 0 saturated heterocycles. The second-order valence-corrected chi connectivity index (χ2v) is 5.39. The number of carboxylic acids is 1. The van der Waals surface area contributed by atoms with Crippen LogP contribution in [0.4, 0.5) is 0 Å². The highest BCUT2D eigenvalue weighted by atomic mass is 16.6. The highest BCUT2D eigenvalue weighted by Crippen LogP contribution is 2.06. The van der Waals surface area contributed by atoms with Gasteiger partial charge in [0.2, 0.25) is 0 Å². The Kier molecular flexibility index (Phi) is 9.74. The van der Waals surface area contributed by atoms with Crippen LogP contribution in [0.15, 0.2) is 23.9 Å². The van der Waals surface area contributed by atoms with Crippen molar-refractivity contribution in [1.29, 1.82) is 0 Å². The summed E-state index contributed by atoms with van der Waals surface area (Å²) < 4.78 is 1.98. The molecule has 0 aliphatic rings. The van der Waals surface area contributed by atoms with Crippen molar-refractivity contribution in [1.82, 2.24) is 9.55 Å². The van der Waals surface area contributed by atoms with Gasteiger partial charge in [0.1, 0.15) is 6.61 Å². The fourth-order valence-electron chi connectivity index (χ4n) is 2.08. The molecule has 6 nitrogen and oxygen atoms in total. The molecule has 0 aliphatic heterocycles. The highest BCUT2D eigenvalue weighted by molar-refractivity contribution is 5.83. The van der Waals surface area contributed by atoms with E-state index in [0.717, 1.165) is 18.6 Å². The van der Waals surface area contributed by atoms with Gasteiger partial charge in [0.15, 0.2) is 0 Å². The molecule has 0 amide bonds. The lowest BCUT2D eigenvalue weighted by Crippen LogP contribution is -2.10. The summed E-state index contributed by atoms with van der Waals surface area (Å²) in [7, 11) is 0. The number of carbonyl (C=O) groups is 1. The second-order valence-electron chi connectivity index (χ2n) is 5.39. The normalized spacial score (nSPS) is 11.6. The summed E-state index contributed by atoms with van der Waals surface area (Å²) in [4.78, 5) is 19.8. The number of aromatic nitrogens is 2. The maximum Gasteiger partial charge on any atom is 0.303 e. The first-order valence-electron chi connectivity index (χ1n) is 8.07. The first-order valence-corrected chi connectivity index (χ1v) is 8.07. The van der Waals surface area contributed by atoms with Crippen LogP contribution >= 0.6 is 0 Å². The molecule has 1 aromatic rings. The minimum absolute atomic E-state index is 0.186. The fourth-order valence-corrected chi connectivity index (χ4v) is 2.08. The van der Waals surface area contributed by atoms with Crippen molar-refractivity contribution in [3.63, 3.8) is 0 Å². The van der Waals surface area contributed by atoms with Crippen molar-refractivity contribution in [2.24, 2.45) is 5.16 Å². The largest absolute Gasteiger partial charge is 0.481 e. The van der Waals surface area contributed by atoms with Crippen LogP contribution in [0.25, 0.3) is 0 Å². The maximum atomic E-state index is 10.4. The average Bonchev–Trinajstić information content (AvgIpc) is 2.99. The zero-order chi connectivity index (χ0) is 16.0. The van der Waals surface area contributed by atoms with Gasteiger partial charge in [-0.05, 0) is 25.7 Å². The Morgan fingerprint density at radius 2 is 2.05 bits per heavy atom. The number of aliphatic carboxylic acids is 1. The molecule has 22 heavy (non-hydrogen) atoms. The molecular weight excluding hydrogens is 282 g/mol. The van der Waals surface area contributed by atoms with Crippen LogP contribution in [0.1, 0.15) is 58.3 Å². The molecule has 6 heteroatoms. The molecular formula is C16H27N3O3. The number of nitrogens with zero attached hydrogens (tertiary/aromatic N) is 3. The van der Waals surface area contributed by atoms with Gasteiger partial charge in [-0.2, -0.15) is 0 Å². The van der Waals surface area contributed by atoms with E-state index in [1.54, 1.807) is 12.5 Å². The number of imidazole rings is 1. The lowest BCUT2D eigenvalue weighted by atomic mass is 10.1. The van der Waals surface area contributed by atoms with E-state index in [-0.39, 0.29) is 6.42 Å². The lowest BCUT2D eigenvalue weighted by molar-refractivity contribution is -0.137. The quantitative estimate of drug-likeness (QED) is 0.344. The number of unbranched alkanes of at least 4 members (excludes halogenated alkanes) is 4. The number of oxime groups is 1. The molecule has 0 atom stereocenters. The van der Waals surface area contributed by atoms with Gasteiger partial charge < -0.3 is 14.5 Å². The highest BCUT2D eigenvalue weighted by Gasteiger charge is 2.03. The standard InChI is InChI=1S/C16H27N3O3/c1-2-3-4-5-8-15(13-19-11-10-17-14-19)18-22-12-7-6-9-16(20)21/h10-11,14H,2-9,12-13H2,1H3,(H,20,21)/b18-15-. The van der Waals surface area contributed by atoms with Gasteiger partial charge in [-0.15, -0.1) is 0 Å². The van der Waals surface area contributed by atoms with E-state index >= 15 is 0 Å². The Hall–Kier alpha value is -1.85. The van der Waals surface area contributed by atoms with Crippen LogP contribution in [0.3, 0.4) is 0 Å². The summed E-state index contributed by atoms with van der Waals surface area (Å²) >= 11 is 0. The zero-order valence-electron chi connectivity index (χ0n) is 13.4. The van der Waals surface area contributed by atoms with E-state index < -0.39 is 5.97 Å². The van der Waals surface area contributed by atoms with Gasteiger partial charge in [-0.3, -0.25) is 4.79 Å². The predicted octanol–water partition coefficient (Wildman–Crippen LogP) is 3.48. The molecule has 1 N–H and O–H groups in total. The van der Waals surface area contributed by atoms with Crippen molar-refractivity contribution in [2.45, 2.75) is 64.8 Å². The van der Waals surface area contributed by atoms with Crippen molar-refractivity contribution < 1.29 is 14.7 Å². The Balaban J connectivity index is 2.31. The second kappa shape index (κ2) is 11.8. The minimum Gasteiger partial charge on any atom is -0.481 e. The number of carboxylic acid groups (broad SMARTS) is 1. The Bertz CT molecular complexity index is 430. The topological polar surface area (TPSA) is 76.7 Å². The molecule has 0 spiro atoms. The SMILES string of the molecule is CCCCCC/C(Cn1ccnc1)=N/OCCCCC(=O)O. The van der Waals surface area contributed by atoms with E-state index in [2.05, 4.69) is 17.1 Å². The number of hydrogen-bond acceptors (Lipinski definition) is 4. The molecule has 0 unspecified atom stereocenters. The van der Waals surface area contributed by atoms with Crippen LogP contribution in [0.2, 0.25) is 0 Å². The van der Waals surface area contributed by atoms with Crippen molar-refractivity contribution in [3.05, 3.63) is 18.7 Å². The summed E-state index contributed by atoms with van der Waals surface area (Å²) in [5.41, 5.74) is 1.01. The molecule has 124 valence electrons. The third-order valence-corrected chi connectivity index (χ3v) is 3.31. The smallest absolute Gasteiger partial charge is 0.303 e. The minimum atomic E-state index is -0.764. The van der Waals surface area contributed by atoms with Crippen LogP contribution < -0.4 is 0 Å². The number of rotatable bonds is 13. The summed E-state index contributed by atoms with van der Waals surface area (Å²) in [6.07, 6.45) is 12.7. The van der Waals surface area contributed by atoms with Gasteiger partial charge >= 0.3 is 5.97 Å². The first-order chi connectivity index (χ1) is 10.7. The average molecular weight is 309 g/mol. The van der Waals surface area contributed by atoms with Gasteiger partial charge in [0.25, 0.3) is 0 Å². The van der Waals surface area contributed by atoms with E-state index in [0.29, 0.717) is 26.0 Å². The fraction of sp³-hybridized carbons (Fsp3) is 0.688. The van der Waals surface area contributed by atoms with Crippen LogP contribution in [-0.2, 0) is 16.2 Å². The molecule has 0 bridgehead atoms. The van der Waals surface area contributed by atoms with Gasteiger partial charge in [-0.25, -0.2) is 4.98 Å². The zero-order valence-corrected chi connectivity index (χ0v) is 13.4. The van der Waals surface area contributed by atoms with Crippen molar-refractivity contribution in [2.75, 3.05) is 6.61 Å². The Morgan fingerprint density at radius 3 is 2.73 bits per heavy atom. The van der Waals surface area contributed by atoms with E-state index in [1.165, 1.54) is 19.3 Å². The molecule has 0 saturated carbocycles. The van der Waals surface area contributed by atoms with Gasteiger partial charge in [0.05, 0.1) is 18.6 Å². The summed E-state index contributed by atoms with van der Waals surface area (Å²) in [5.74, 6) is -0.764. The third kappa shape index (κ3) is 9.15. The third-order valence-electron chi connectivity index (χ3n) is 3.31. The lowest BCUT2D eigenvalue weighted by Gasteiger charge is -2.08. The summed E-state index contributed by atoms with van der Waals surface area (Å²) in [6, 6.07) is 0. The number of hydrogen-bond donors (Lipinski definition) is 1. The molecule has 1 aromatic heterocycles. The summed E-state index contributed by atoms with van der Waals surface area (Å²) in [5, 5.41) is 12.8. The van der Waals surface area contributed by atoms with Crippen LogP contribution in [-0.4, -0.2) is 32.9 Å².